The minimum atomic E-state index is 0.188. The molecule has 29 heavy (non-hydrogen) atoms. The van der Waals surface area contributed by atoms with Crippen molar-refractivity contribution in [3.05, 3.63) is 40.7 Å². The summed E-state index contributed by atoms with van der Waals surface area (Å²) in [6.07, 6.45) is 10.7. The maximum atomic E-state index is 6.20. The van der Waals surface area contributed by atoms with Gasteiger partial charge in [-0.3, -0.25) is 0 Å². The van der Waals surface area contributed by atoms with Gasteiger partial charge >= 0.3 is 0 Å². The van der Waals surface area contributed by atoms with Crippen molar-refractivity contribution in [2.45, 2.75) is 69.5 Å². The lowest BCUT2D eigenvalue weighted by Gasteiger charge is -2.36. The molecule has 6 nitrogen and oxygen atoms in total. The number of nitrogens with zero attached hydrogens (tertiary/aromatic N) is 4. The monoisotopic (exact) mass is 416 g/mol. The molecule has 0 amide bonds. The molecule has 0 bridgehead atoms. The SMILES string of the molecule is Clc1ccc([C@H](c2nnnn2C2CCCC2)[NH+]2CC[NH+](C3CCCC3)CC2)cc1. The molecule has 2 N–H and O–H groups in total. The molecule has 1 aliphatic heterocycles. The molecule has 3 fully saturated rings. The number of nitrogens with one attached hydrogen (secondary N) is 2. The quantitative estimate of drug-likeness (QED) is 0.771. The fraction of sp³-hybridized carbons (Fsp3) is 0.682. The smallest absolute Gasteiger partial charge is 0.214 e. The number of benzene rings is 1. The van der Waals surface area contributed by atoms with Gasteiger partial charge < -0.3 is 9.80 Å². The van der Waals surface area contributed by atoms with Crippen LogP contribution in [0, 0.1) is 0 Å². The predicted octanol–water partition coefficient (Wildman–Crippen LogP) is 1.26. The van der Waals surface area contributed by atoms with E-state index in [0.717, 1.165) is 16.9 Å². The first-order valence-electron chi connectivity index (χ1n) is 11.5. The van der Waals surface area contributed by atoms with Crippen LogP contribution in [0.3, 0.4) is 0 Å². The summed E-state index contributed by atoms with van der Waals surface area (Å²) in [7, 11) is 0. The molecule has 2 saturated carbocycles. The molecule has 1 saturated heterocycles. The zero-order chi connectivity index (χ0) is 19.6. The third kappa shape index (κ3) is 4.07. The maximum absolute atomic E-state index is 6.20. The van der Waals surface area contributed by atoms with E-state index in [2.05, 4.69) is 32.3 Å². The van der Waals surface area contributed by atoms with Crippen molar-refractivity contribution in [2.24, 2.45) is 0 Å². The molecule has 2 aromatic rings. The van der Waals surface area contributed by atoms with E-state index in [1.807, 2.05) is 17.0 Å². The molecule has 1 aromatic heterocycles. The first-order chi connectivity index (χ1) is 14.3. The highest BCUT2D eigenvalue weighted by Gasteiger charge is 2.39. The Morgan fingerprint density at radius 3 is 2.24 bits per heavy atom. The van der Waals surface area contributed by atoms with Crippen LogP contribution in [0.4, 0.5) is 0 Å². The Morgan fingerprint density at radius 1 is 0.897 bits per heavy atom. The van der Waals surface area contributed by atoms with Gasteiger partial charge in [-0.15, -0.1) is 5.10 Å². The summed E-state index contributed by atoms with van der Waals surface area (Å²) in [6, 6.07) is 9.90. The lowest BCUT2D eigenvalue weighted by molar-refractivity contribution is -1.03. The Bertz CT molecular complexity index is 786. The zero-order valence-electron chi connectivity index (χ0n) is 17.2. The second-order valence-corrected chi connectivity index (χ2v) is 9.64. The number of quaternary nitrogens is 2. The maximum Gasteiger partial charge on any atom is 0.214 e. The van der Waals surface area contributed by atoms with E-state index in [1.165, 1.54) is 83.1 Å². The summed E-state index contributed by atoms with van der Waals surface area (Å²) in [6.45, 7) is 4.87. The van der Waals surface area contributed by atoms with Crippen LogP contribution in [0.15, 0.2) is 24.3 Å². The van der Waals surface area contributed by atoms with Gasteiger partial charge in [0.05, 0.1) is 12.1 Å². The van der Waals surface area contributed by atoms with Gasteiger partial charge in [-0.25, -0.2) is 4.68 Å². The number of halogens is 1. The van der Waals surface area contributed by atoms with Crippen LogP contribution in [0.1, 0.15) is 74.8 Å². The Kier molecular flexibility index (Phi) is 5.84. The summed E-state index contributed by atoms with van der Waals surface area (Å²) in [4.78, 5) is 3.43. The Balaban J connectivity index is 1.41. The van der Waals surface area contributed by atoms with Gasteiger partial charge in [0.2, 0.25) is 5.82 Å². The van der Waals surface area contributed by atoms with Crippen molar-refractivity contribution in [3.8, 4) is 0 Å². The van der Waals surface area contributed by atoms with Gasteiger partial charge in [0.15, 0.2) is 6.04 Å². The molecular weight excluding hydrogens is 384 g/mol. The first-order valence-corrected chi connectivity index (χ1v) is 11.9. The van der Waals surface area contributed by atoms with Crippen molar-refractivity contribution in [1.82, 2.24) is 20.2 Å². The average Bonchev–Trinajstić information content (AvgIpc) is 3.52. The minimum Gasteiger partial charge on any atom is -0.323 e. The second-order valence-electron chi connectivity index (χ2n) is 9.20. The zero-order valence-corrected chi connectivity index (χ0v) is 17.9. The van der Waals surface area contributed by atoms with Crippen LogP contribution < -0.4 is 9.80 Å². The van der Waals surface area contributed by atoms with Crippen LogP contribution in [-0.2, 0) is 0 Å². The Labute approximate surface area is 178 Å². The molecule has 2 aliphatic carbocycles. The predicted molar refractivity (Wildman–Crippen MR) is 112 cm³/mol. The summed E-state index contributed by atoms with van der Waals surface area (Å²) in [5, 5.41) is 13.9. The third-order valence-corrected chi connectivity index (χ3v) is 7.78. The van der Waals surface area contributed by atoms with Gasteiger partial charge in [-0.05, 0) is 61.1 Å². The highest BCUT2D eigenvalue weighted by Crippen LogP contribution is 2.31. The van der Waals surface area contributed by atoms with E-state index in [1.54, 1.807) is 4.90 Å². The topological polar surface area (TPSA) is 52.5 Å². The van der Waals surface area contributed by atoms with E-state index in [4.69, 9.17) is 11.6 Å². The van der Waals surface area contributed by atoms with Crippen molar-refractivity contribution in [3.63, 3.8) is 0 Å². The normalized spacial score (nSPS) is 27.5. The number of aromatic nitrogens is 4. The van der Waals surface area contributed by atoms with Crippen LogP contribution in [0.5, 0.6) is 0 Å². The minimum absolute atomic E-state index is 0.188. The fourth-order valence-electron chi connectivity index (χ4n) is 5.95. The Hall–Kier alpha value is -1.50. The molecule has 1 aromatic carbocycles. The second kappa shape index (κ2) is 8.70. The largest absolute Gasteiger partial charge is 0.323 e. The molecule has 156 valence electrons. The summed E-state index contributed by atoms with van der Waals surface area (Å²) < 4.78 is 2.15. The average molecular weight is 417 g/mol. The highest BCUT2D eigenvalue weighted by atomic mass is 35.5. The first kappa shape index (κ1) is 19.5. The van der Waals surface area contributed by atoms with E-state index in [-0.39, 0.29) is 6.04 Å². The van der Waals surface area contributed by atoms with E-state index >= 15 is 0 Å². The molecule has 0 spiro atoms. The fourth-order valence-corrected chi connectivity index (χ4v) is 6.07. The molecule has 3 aliphatic rings. The lowest BCUT2D eigenvalue weighted by Crippen LogP contribution is -3.29. The molecule has 7 heteroatoms. The molecule has 0 unspecified atom stereocenters. The van der Waals surface area contributed by atoms with Gasteiger partial charge in [0, 0.05) is 10.6 Å². The van der Waals surface area contributed by atoms with Crippen LogP contribution in [0.2, 0.25) is 5.02 Å². The van der Waals surface area contributed by atoms with Crippen molar-refractivity contribution in [1.29, 1.82) is 0 Å². The number of hydrogen-bond acceptors (Lipinski definition) is 3. The van der Waals surface area contributed by atoms with Crippen molar-refractivity contribution >= 4 is 11.6 Å². The molecule has 0 radical (unpaired) electrons. The summed E-state index contributed by atoms with van der Waals surface area (Å²) in [5.41, 5.74) is 1.28. The van der Waals surface area contributed by atoms with Gasteiger partial charge in [0.1, 0.15) is 26.2 Å². The Morgan fingerprint density at radius 2 is 1.55 bits per heavy atom. The van der Waals surface area contributed by atoms with Crippen LogP contribution in [-0.4, -0.2) is 52.4 Å². The molecular formula is C22H33ClN6+2. The summed E-state index contributed by atoms with van der Waals surface area (Å²) >= 11 is 6.20. The summed E-state index contributed by atoms with van der Waals surface area (Å²) in [5.74, 6) is 1.04. The van der Waals surface area contributed by atoms with E-state index in [0.29, 0.717) is 6.04 Å². The highest BCUT2D eigenvalue weighted by molar-refractivity contribution is 6.30. The van der Waals surface area contributed by atoms with Gasteiger partial charge in [-0.2, -0.15) is 0 Å². The van der Waals surface area contributed by atoms with Crippen molar-refractivity contribution in [2.75, 3.05) is 26.2 Å². The number of hydrogen-bond donors (Lipinski definition) is 2. The van der Waals surface area contributed by atoms with E-state index in [9.17, 15) is 0 Å². The van der Waals surface area contributed by atoms with Crippen molar-refractivity contribution < 1.29 is 9.80 Å². The van der Waals surface area contributed by atoms with Crippen LogP contribution >= 0.6 is 11.6 Å². The molecule has 5 rings (SSSR count). The standard InChI is InChI=1S/C22H31ClN6/c23-18-11-9-17(10-12-18)21(22-24-25-26-29(22)20-7-3-4-8-20)28-15-13-27(14-16-28)19-5-1-2-6-19/h9-12,19-21H,1-8,13-16H2/p+2/t21-/m1/s1. The number of tetrazole rings is 1. The number of piperazine rings is 1. The third-order valence-electron chi connectivity index (χ3n) is 7.53. The lowest BCUT2D eigenvalue weighted by atomic mass is 10.0. The molecule has 2 heterocycles. The van der Waals surface area contributed by atoms with Gasteiger partial charge in [-0.1, -0.05) is 36.6 Å². The van der Waals surface area contributed by atoms with Crippen LogP contribution in [0.25, 0.3) is 0 Å². The molecule has 1 atom stereocenters. The van der Waals surface area contributed by atoms with E-state index < -0.39 is 0 Å². The number of rotatable bonds is 5. The van der Waals surface area contributed by atoms with Gasteiger partial charge in [0.25, 0.3) is 0 Å².